The number of nitrogen functional groups attached to an aromatic ring is 1. The van der Waals surface area contributed by atoms with Crippen molar-refractivity contribution in [3.05, 3.63) is 22.2 Å². The first kappa shape index (κ1) is 14.7. The monoisotopic (exact) mass is 325 g/mol. The molecule has 0 spiro atoms. The zero-order chi connectivity index (χ0) is 13.8. The summed E-state index contributed by atoms with van der Waals surface area (Å²) in [5.74, 6) is 0. The molecule has 0 aliphatic carbocycles. The Bertz CT molecular complexity index is 428. The molecular weight excluding hydrogens is 302 g/mol. The second-order valence-corrected chi connectivity index (χ2v) is 6.37. The highest BCUT2D eigenvalue weighted by Crippen LogP contribution is 2.27. The number of likely N-dealkylation sites (tertiary alicyclic amines) is 1. The first-order valence-electron chi connectivity index (χ1n) is 7.11. The normalized spacial score (nSPS) is 18.3. The lowest BCUT2D eigenvalue weighted by atomic mass is 10.1. The molecule has 1 aliphatic heterocycles. The van der Waals surface area contributed by atoms with Gasteiger partial charge in [-0.25, -0.2) is 0 Å². The van der Waals surface area contributed by atoms with Crippen LogP contribution in [0.3, 0.4) is 0 Å². The van der Waals surface area contributed by atoms with Crippen LogP contribution in [-0.2, 0) is 0 Å². The summed E-state index contributed by atoms with van der Waals surface area (Å²) >= 11 is 3.57. The Kier molecular flexibility index (Phi) is 5.11. The van der Waals surface area contributed by atoms with Crippen molar-refractivity contribution < 1.29 is 0 Å². The fraction of sp³-hybridized carbons (Fsp3) is 0.600. The van der Waals surface area contributed by atoms with E-state index in [0.717, 1.165) is 28.0 Å². The van der Waals surface area contributed by atoms with E-state index in [4.69, 9.17) is 5.73 Å². The number of nitrogens with zero attached hydrogens (tertiary/aromatic N) is 1. The lowest BCUT2D eigenvalue weighted by Gasteiger charge is -2.32. The first-order chi connectivity index (χ1) is 9.08. The molecule has 3 N–H and O–H groups in total. The van der Waals surface area contributed by atoms with Crippen molar-refractivity contribution >= 4 is 27.3 Å². The summed E-state index contributed by atoms with van der Waals surface area (Å²) in [6.07, 6.45) is 4.07. The molecule has 1 aromatic rings. The van der Waals surface area contributed by atoms with Gasteiger partial charge in [-0.15, -0.1) is 0 Å². The fourth-order valence-electron chi connectivity index (χ4n) is 2.58. The van der Waals surface area contributed by atoms with E-state index in [9.17, 15) is 0 Å². The van der Waals surface area contributed by atoms with E-state index >= 15 is 0 Å². The Balaban J connectivity index is 1.92. The number of halogens is 1. The summed E-state index contributed by atoms with van der Waals surface area (Å²) in [5.41, 5.74) is 8.99. The Labute approximate surface area is 124 Å². The second-order valence-electron chi connectivity index (χ2n) is 5.52. The van der Waals surface area contributed by atoms with Gasteiger partial charge < -0.3 is 11.1 Å². The zero-order valence-corrected chi connectivity index (χ0v) is 13.5. The van der Waals surface area contributed by atoms with Crippen molar-refractivity contribution in [2.45, 2.75) is 39.2 Å². The van der Waals surface area contributed by atoms with Crippen LogP contribution in [0.25, 0.3) is 0 Å². The summed E-state index contributed by atoms with van der Waals surface area (Å²) in [7, 11) is 0. The fourth-order valence-corrected chi connectivity index (χ4v) is 3.08. The minimum absolute atomic E-state index is 0.574. The highest BCUT2D eigenvalue weighted by Gasteiger charge is 2.16. The second kappa shape index (κ2) is 6.62. The zero-order valence-electron chi connectivity index (χ0n) is 11.9. The van der Waals surface area contributed by atoms with Gasteiger partial charge in [0.05, 0.1) is 0 Å². The maximum atomic E-state index is 5.90. The van der Waals surface area contributed by atoms with Crippen LogP contribution >= 0.6 is 15.9 Å². The number of benzene rings is 1. The van der Waals surface area contributed by atoms with Gasteiger partial charge in [0.25, 0.3) is 0 Å². The van der Waals surface area contributed by atoms with Gasteiger partial charge in [0.2, 0.25) is 0 Å². The number of hydrogen-bond acceptors (Lipinski definition) is 3. The van der Waals surface area contributed by atoms with Gasteiger partial charge >= 0.3 is 0 Å². The van der Waals surface area contributed by atoms with E-state index in [1.807, 2.05) is 13.0 Å². The lowest BCUT2D eigenvalue weighted by molar-refractivity contribution is 0.180. The highest BCUT2D eigenvalue weighted by molar-refractivity contribution is 9.10. The molecular formula is C15H24BrN3. The van der Waals surface area contributed by atoms with Crippen molar-refractivity contribution in [2.75, 3.05) is 30.7 Å². The summed E-state index contributed by atoms with van der Waals surface area (Å²) < 4.78 is 1.04. The van der Waals surface area contributed by atoms with E-state index in [1.165, 1.54) is 32.4 Å². The molecule has 0 aromatic heterocycles. The van der Waals surface area contributed by atoms with Gasteiger partial charge in [-0.3, -0.25) is 4.90 Å². The number of hydrogen-bond donors (Lipinski definition) is 2. The van der Waals surface area contributed by atoms with Gasteiger partial charge in [-0.05, 0) is 73.4 Å². The van der Waals surface area contributed by atoms with E-state index in [-0.39, 0.29) is 0 Å². The summed E-state index contributed by atoms with van der Waals surface area (Å²) in [5, 5.41) is 3.53. The Morgan fingerprint density at radius 3 is 2.68 bits per heavy atom. The average molecular weight is 326 g/mol. The maximum Gasteiger partial charge on any atom is 0.0489 e. The SMILES string of the molecule is Cc1cc(NCC(C)N2CCCCC2)c(Br)cc1N. The maximum absolute atomic E-state index is 5.90. The minimum Gasteiger partial charge on any atom is -0.398 e. The first-order valence-corrected chi connectivity index (χ1v) is 7.91. The smallest absolute Gasteiger partial charge is 0.0489 e. The summed E-state index contributed by atoms with van der Waals surface area (Å²) in [6, 6.07) is 4.66. The number of nitrogens with two attached hydrogens (primary N) is 1. The van der Waals surface area contributed by atoms with Crippen molar-refractivity contribution in [1.82, 2.24) is 4.90 Å². The van der Waals surface area contributed by atoms with Crippen molar-refractivity contribution in [3.8, 4) is 0 Å². The van der Waals surface area contributed by atoms with Crippen LogP contribution in [0.4, 0.5) is 11.4 Å². The van der Waals surface area contributed by atoms with Crippen LogP contribution in [-0.4, -0.2) is 30.6 Å². The number of nitrogens with one attached hydrogen (secondary N) is 1. The molecule has 0 amide bonds. The number of anilines is 2. The largest absolute Gasteiger partial charge is 0.398 e. The Morgan fingerprint density at radius 1 is 1.32 bits per heavy atom. The molecule has 1 aliphatic rings. The molecule has 106 valence electrons. The molecule has 1 heterocycles. The van der Waals surface area contributed by atoms with Crippen LogP contribution in [0.1, 0.15) is 31.7 Å². The predicted octanol–water partition coefficient (Wildman–Crippen LogP) is 3.63. The molecule has 4 heteroatoms. The van der Waals surface area contributed by atoms with Crippen molar-refractivity contribution in [1.29, 1.82) is 0 Å². The van der Waals surface area contributed by atoms with Crippen LogP contribution in [0.15, 0.2) is 16.6 Å². The molecule has 1 fully saturated rings. The Hall–Kier alpha value is -0.740. The third-order valence-electron chi connectivity index (χ3n) is 3.96. The lowest BCUT2D eigenvalue weighted by Crippen LogP contribution is -2.41. The van der Waals surface area contributed by atoms with Crippen LogP contribution in [0.5, 0.6) is 0 Å². The molecule has 0 bridgehead atoms. The molecule has 3 nitrogen and oxygen atoms in total. The molecule has 1 aromatic carbocycles. The molecule has 1 saturated heterocycles. The molecule has 1 unspecified atom stereocenters. The minimum atomic E-state index is 0.574. The number of rotatable bonds is 4. The van der Waals surface area contributed by atoms with Crippen LogP contribution < -0.4 is 11.1 Å². The molecule has 1 atom stereocenters. The molecule has 0 radical (unpaired) electrons. The number of aryl methyl sites for hydroxylation is 1. The van der Waals surface area contributed by atoms with Gasteiger partial charge in [0.1, 0.15) is 0 Å². The molecule has 0 saturated carbocycles. The van der Waals surface area contributed by atoms with Crippen molar-refractivity contribution in [2.24, 2.45) is 0 Å². The van der Waals surface area contributed by atoms with E-state index in [1.54, 1.807) is 0 Å². The average Bonchev–Trinajstić information content (AvgIpc) is 2.42. The predicted molar refractivity (Wildman–Crippen MR) is 86.7 cm³/mol. The van der Waals surface area contributed by atoms with E-state index < -0.39 is 0 Å². The summed E-state index contributed by atoms with van der Waals surface area (Å²) in [6.45, 7) is 7.80. The van der Waals surface area contributed by atoms with Gasteiger partial charge in [-0.1, -0.05) is 6.42 Å². The highest BCUT2D eigenvalue weighted by atomic mass is 79.9. The quantitative estimate of drug-likeness (QED) is 0.830. The third kappa shape index (κ3) is 3.86. The van der Waals surface area contributed by atoms with Crippen molar-refractivity contribution in [3.63, 3.8) is 0 Å². The Morgan fingerprint density at radius 2 is 2.00 bits per heavy atom. The molecule has 2 rings (SSSR count). The van der Waals surface area contributed by atoms with Crippen LogP contribution in [0, 0.1) is 6.92 Å². The molecule has 19 heavy (non-hydrogen) atoms. The van der Waals surface area contributed by atoms with Gasteiger partial charge in [-0.2, -0.15) is 0 Å². The van der Waals surface area contributed by atoms with Gasteiger partial charge in [0.15, 0.2) is 0 Å². The van der Waals surface area contributed by atoms with E-state index in [2.05, 4.69) is 39.1 Å². The summed E-state index contributed by atoms with van der Waals surface area (Å²) in [4.78, 5) is 2.58. The topological polar surface area (TPSA) is 41.3 Å². The van der Waals surface area contributed by atoms with Gasteiger partial charge in [0, 0.05) is 28.4 Å². The standard InChI is InChI=1S/C15H24BrN3/c1-11-8-15(13(16)9-14(11)17)18-10-12(2)19-6-4-3-5-7-19/h8-9,12,18H,3-7,10,17H2,1-2H3. The van der Waals surface area contributed by atoms with Crippen LogP contribution in [0.2, 0.25) is 0 Å². The number of piperidine rings is 1. The van der Waals surface area contributed by atoms with E-state index in [0.29, 0.717) is 6.04 Å². The third-order valence-corrected chi connectivity index (χ3v) is 4.61.